The second-order valence-electron chi connectivity index (χ2n) is 5.78. The highest BCUT2D eigenvalue weighted by atomic mass is 19.3. The summed E-state index contributed by atoms with van der Waals surface area (Å²) in [5.74, 6) is -2.67. The van der Waals surface area contributed by atoms with Gasteiger partial charge in [-0.2, -0.15) is 8.78 Å². The molecule has 0 unspecified atom stereocenters. The second kappa shape index (κ2) is 10.3. The number of carbonyl (C=O) groups is 2. The van der Waals surface area contributed by atoms with Crippen molar-refractivity contribution in [1.29, 1.82) is 0 Å². The van der Waals surface area contributed by atoms with Crippen molar-refractivity contribution in [3.05, 3.63) is 65.2 Å². The summed E-state index contributed by atoms with van der Waals surface area (Å²) in [4.78, 5) is 23.6. The lowest BCUT2D eigenvalue weighted by atomic mass is 10.2. The molecule has 0 fully saturated rings. The van der Waals surface area contributed by atoms with Gasteiger partial charge in [-0.3, -0.25) is 9.59 Å². The molecule has 0 spiro atoms. The third-order valence-electron chi connectivity index (χ3n) is 3.68. The summed E-state index contributed by atoms with van der Waals surface area (Å²) in [7, 11) is 0. The van der Waals surface area contributed by atoms with Crippen molar-refractivity contribution in [2.24, 2.45) is 0 Å². The summed E-state index contributed by atoms with van der Waals surface area (Å²) >= 11 is 0. The van der Waals surface area contributed by atoms with Crippen molar-refractivity contribution in [1.82, 2.24) is 10.6 Å². The normalized spacial score (nSPS) is 10.6. The molecule has 5 nitrogen and oxygen atoms in total. The van der Waals surface area contributed by atoms with Gasteiger partial charge in [0.25, 0.3) is 5.91 Å². The molecule has 0 heterocycles. The highest BCUT2D eigenvalue weighted by Gasteiger charge is 2.12. The minimum Gasteiger partial charge on any atom is -0.435 e. The molecule has 0 atom stereocenters. The number of alkyl halides is 2. The van der Waals surface area contributed by atoms with Crippen molar-refractivity contribution in [2.45, 2.75) is 26.0 Å². The first-order valence-corrected chi connectivity index (χ1v) is 8.39. The molecule has 0 aliphatic heterocycles. The monoisotopic (exact) mass is 398 g/mol. The van der Waals surface area contributed by atoms with E-state index in [1.165, 1.54) is 12.1 Å². The molecule has 2 rings (SSSR count). The van der Waals surface area contributed by atoms with Crippen LogP contribution in [-0.2, 0) is 11.3 Å². The lowest BCUT2D eigenvalue weighted by Gasteiger charge is -2.08. The highest BCUT2D eigenvalue weighted by Crippen LogP contribution is 2.14. The predicted octanol–water partition coefficient (Wildman–Crippen LogP) is 3.39. The SMILES string of the molecule is O=C(CCCNC(=O)c1ccc(F)cc1F)NCc1ccc(OC(F)F)cc1. The first-order chi connectivity index (χ1) is 13.3. The van der Waals surface area contributed by atoms with Crippen molar-refractivity contribution in [3.8, 4) is 5.75 Å². The van der Waals surface area contributed by atoms with Gasteiger partial charge in [-0.1, -0.05) is 12.1 Å². The van der Waals surface area contributed by atoms with E-state index in [1.807, 2.05) is 0 Å². The number of nitrogens with one attached hydrogen (secondary N) is 2. The molecule has 2 aromatic rings. The fourth-order valence-electron chi connectivity index (χ4n) is 2.30. The van der Waals surface area contributed by atoms with E-state index in [9.17, 15) is 27.2 Å². The van der Waals surface area contributed by atoms with Crippen LogP contribution < -0.4 is 15.4 Å². The van der Waals surface area contributed by atoms with Crippen LogP contribution >= 0.6 is 0 Å². The van der Waals surface area contributed by atoms with Gasteiger partial charge in [0.1, 0.15) is 17.4 Å². The van der Waals surface area contributed by atoms with Crippen LogP contribution in [0.5, 0.6) is 5.75 Å². The van der Waals surface area contributed by atoms with Gasteiger partial charge in [0.2, 0.25) is 5.91 Å². The number of carbonyl (C=O) groups excluding carboxylic acids is 2. The fourth-order valence-corrected chi connectivity index (χ4v) is 2.30. The molecular formula is C19H18F4N2O3. The van der Waals surface area contributed by atoms with E-state index in [0.717, 1.165) is 12.1 Å². The van der Waals surface area contributed by atoms with Crippen molar-refractivity contribution >= 4 is 11.8 Å². The highest BCUT2D eigenvalue weighted by molar-refractivity contribution is 5.94. The molecule has 0 aliphatic carbocycles. The standard InChI is InChI=1S/C19H18F4N2O3/c20-13-5-8-15(16(21)10-13)18(27)24-9-1-2-17(26)25-11-12-3-6-14(7-4-12)28-19(22)23/h3-8,10,19H,1-2,9,11H2,(H,24,27)(H,25,26). The number of benzene rings is 2. The van der Waals surface area contributed by atoms with Gasteiger partial charge in [-0.15, -0.1) is 0 Å². The minimum absolute atomic E-state index is 0.0263. The maximum atomic E-state index is 13.5. The summed E-state index contributed by atoms with van der Waals surface area (Å²) < 4.78 is 54.7. The molecule has 0 saturated carbocycles. The third-order valence-corrected chi connectivity index (χ3v) is 3.68. The number of hydrogen-bond donors (Lipinski definition) is 2. The Kier molecular flexibility index (Phi) is 7.79. The van der Waals surface area contributed by atoms with E-state index in [1.54, 1.807) is 12.1 Å². The first-order valence-electron chi connectivity index (χ1n) is 8.39. The van der Waals surface area contributed by atoms with Crippen LogP contribution in [0.2, 0.25) is 0 Å². The zero-order valence-electron chi connectivity index (χ0n) is 14.7. The molecule has 2 aromatic carbocycles. The Morgan fingerprint density at radius 1 is 1.00 bits per heavy atom. The van der Waals surface area contributed by atoms with E-state index in [-0.39, 0.29) is 36.7 Å². The zero-order chi connectivity index (χ0) is 20.5. The molecule has 0 saturated heterocycles. The zero-order valence-corrected chi connectivity index (χ0v) is 14.7. The van der Waals surface area contributed by atoms with Crippen LogP contribution in [0.25, 0.3) is 0 Å². The van der Waals surface area contributed by atoms with Crippen LogP contribution in [-0.4, -0.2) is 25.0 Å². The lowest BCUT2D eigenvalue weighted by molar-refractivity contribution is -0.121. The minimum atomic E-state index is -2.90. The maximum Gasteiger partial charge on any atom is 0.387 e. The van der Waals surface area contributed by atoms with Gasteiger partial charge in [-0.25, -0.2) is 8.78 Å². The third kappa shape index (κ3) is 6.90. The van der Waals surface area contributed by atoms with Gasteiger partial charge in [-0.05, 0) is 36.2 Å². The van der Waals surface area contributed by atoms with Gasteiger partial charge in [0, 0.05) is 25.6 Å². The van der Waals surface area contributed by atoms with Gasteiger partial charge < -0.3 is 15.4 Å². The van der Waals surface area contributed by atoms with Crippen LogP contribution in [0.3, 0.4) is 0 Å². The van der Waals surface area contributed by atoms with Gasteiger partial charge >= 0.3 is 6.61 Å². The molecular weight excluding hydrogens is 380 g/mol. The average Bonchev–Trinajstić information content (AvgIpc) is 2.64. The van der Waals surface area contributed by atoms with Gasteiger partial charge in [0.05, 0.1) is 5.56 Å². The average molecular weight is 398 g/mol. The first kappa shape index (κ1) is 21.2. The Morgan fingerprint density at radius 3 is 2.36 bits per heavy atom. The molecule has 2 amide bonds. The molecule has 150 valence electrons. The van der Waals surface area contributed by atoms with Crippen LogP contribution in [0, 0.1) is 11.6 Å². The van der Waals surface area contributed by atoms with E-state index < -0.39 is 24.2 Å². The fraction of sp³-hybridized carbons (Fsp3) is 0.263. The largest absolute Gasteiger partial charge is 0.435 e. The van der Waals surface area contributed by atoms with E-state index >= 15 is 0 Å². The molecule has 0 aromatic heterocycles. The summed E-state index contributed by atoms with van der Waals surface area (Å²) in [5, 5.41) is 5.11. The molecule has 0 bridgehead atoms. The Bertz CT molecular complexity index is 813. The predicted molar refractivity (Wildman–Crippen MR) is 92.8 cm³/mol. The van der Waals surface area contributed by atoms with E-state index in [2.05, 4.69) is 15.4 Å². The Morgan fingerprint density at radius 2 is 1.71 bits per heavy atom. The Balaban J connectivity index is 1.66. The van der Waals surface area contributed by atoms with E-state index in [0.29, 0.717) is 18.1 Å². The molecule has 28 heavy (non-hydrogen) atoms. The lowest BCUT2D eigenvalue weighted by Crippen LogP contribution is -2.28. The molecule has 9 heteroatoms. The maximum absolute atomic E-state index is 13.5. The smallest absolute Gasteiger partial charge is 0.387 e. The Labute approximate surface area is 158 Å². The van der Waals surface area contributed by atoms with Gasteiger partial charge in [0.15, 0.2) is 0 Å². The van der Waals surface area contributed by atoms with Crippen LogP contribution in [0.4, 0.5) is 17.6 Å². The summed E-state index contributed by atoms with van der Waals surface area (Å²) in [6.07, 6.45) is 0.445. The Hall–Kier alpha value is -3.10. The van der Waals surface area contributed by atoms with Crippen LogP contribution in [0.15, 0.2) is 42.5 Å². The molecule has 2 N–H and O–H groups in total. The van der Waals surface area contributed by atoms with Crippen molar-refractivity contribution in [2.75, 3.05) is 6.54 Å². The topological polar surface area (TPSA) is 67.4 Å². The number of amides is 2. The number of halogens is 4. The summed E-state index contributed by atoms with van der Waals surface area (Å²) in [6.45, 7) is -2.55. The van der Waals surface area contributed by atoms with Crippen LogP contribution in [0.1, 0.15) is 28.8 Å². The summed E-state index contributed by atoms with van der Waals surface area (Å²) in [5.41, 5.74) is 0.431. The second-order valence-corrected chi connectivity index (χ2v) is 5.78. The number of rotatable bonds is 9. The van der Waals surface area contributed by atoms with Crippen molar-refractivity contribution in [3.63, 3.8) is 0 Å². The van der Waals surface area contributed by atoms with Crippen molar-refractivity contribution < 1.29 is 31.9 Å². The molecule has 0 radical (unpaired) electrons. The quantitative estimate of drug-likeness (QED) is 0.503. The number of ether oxygens (including phenoxy) is 1. The van der Waals surface area contributed by atoms with E-state index in [4.69, 9.17) is 0 Å². The summed E-state index contributed by atoms with van der Waals surface area (Å²) in [6, 6.07) is 8.50. The molecule has 0 aliphatic rings. The number of hydrogen-bond acceptors (Lipinski definition) is 3.